The largest absolute Gasteiger partial charge is 0.370 e. The van der Waals surface area contributed by atoms with Crippen LogP contribution in [0.3, 0.4) is 0 Å². The lowest BCUT2D eigenvalue weighted by molar-refractivity contribution is -0.129. The second kappa shape index (κ2) is 11.4. The Kier molecular flexibility index (Phi) is 7.89. The zero-order valence-electron chi connectivity index (χ0n) is 19.4. The Morgan fingerprint density at radius 1 is 0.971 bits per heavy atom. The second-order valence-electron chi connectivity index (χ2n) is 8.02. The molecule has 0 radical (unpaired) electrons. The number of carbonyl (C=O) groups is 2. The van der Waals surface area contributed by atoms with E-state index in [1.807, 2.05) is 78.2 Å². The molecular weight excluding hydrogens is 460 g/mol. The van der Waals surface area contributed by atoms with Gasteiger partial charge in [-0.25, -0.2) is 0 Å². The van der Waals surface area contributed by atoms with E-state index >= 15 is 0 Å². The van der Waals surface area contributed by atoms with E-state index in [-0.39, 0.29) is 24.6 Å². The molecule has 8 nitrogen and oxygen atoms in total. The molecule has 2 aromatic heterocycles. The number of benzene rings is 2. The third-order valence-corrected chi connectivity index (χ3v) is 6.30. The Labute approximate surface area is 208 Å². The van der Waals surface area contributed by atoms with Crippen LogP contribution in [0.2, 0.25) is 0 Å². The van der Waals surface area contributed by atoms with Crippen LogP contribution in [0.4, 0.5) is 0 Å². The van der Waals surface area contributed by atoms with Gasteiger partial charge in [0, 0.05) is 43.2 Å². The Morgan fingerprint density at radius 2 is 1.69 bits per heavy atom. The van der Waals surface area contributed by atoms with Crippen LogP contribution in [-0.4, -0.2) is 48.8 Å². The van der Waals surface area contributed by atoms with Crippen molar-refractivity contribution in [1.29, 1.82) is 0 Å². The SMILES string of the molecule is Cc1ccc(-n2c(SCC(=O)N(CCC(N)=O)Cc3ccccc3)nnc2-c2ccncc2)cc1. The van der Waals surface area contributed by atoms with E-state index in [9.17, 15) is 9.59 Å². The summed E-state index contributed by atoms with van der Waals surface area (Å²) in [5.41, 5.74) is 9.24. The zero-order chi connectivity index (χ0) is 24.6. The third-order valence-electron chi connectivity index (χ3n) is 5.39. The molecule has 4 rings (SSSR count). The van der Waals surface area contributed by atoms with Gasteiger partial charge in [-0.05, 0) is 36.8 Å². The standard InChI is InChI=1S/C26H26N6O2S/c1-19-7-9-22(10-8-19)32-25(21-11-14-28-15-12-21)29-30-26(32)35-18-24(34)31(16-13-23(27)33)17-20-5-3-2-4-6-20/h2-12,14-15H,13,16-18H2,1H3,(H2,27,33). The number of hydrogen-bond donors (Lipinski definition) is 1. The molecular formula is C26H26N6O2S. The summed E-state index contributed by atoms with van der Waals surface area (Å²) in [4.78, 5) is 30.3. The quantitative estimate of drug-likeness (QED) is 0.343. The van der Waals surface area contributed by atoms with Crippen molar-refractivity contribution < 1.29 is 9.59 Å². The van der Waals surface area contributed by atoms with Crippen LogP contribution in [0.25, 0.3) is 17.1 Å². The lowest BCUT2D eigenvalue weighted by Crippen LogP contribution is -2.34. The molecule has 0 saturated carbocycles. The number of carbonyl (C=O) groups excluding carboxylic acids is 2. The highest BCUT2D eigenvalue weighted by Crippen LogP contribution is 2.28. The Hall–Kier alpha value is -3.98. The van der Waals surface area contributed by atoms with Crippen molar-refractivity contribution in [3.8, 4) is 17.1 Å². The van der Waals surface area contributed by atoms with Gasteiger partial charge in [0.05, 0.1) is 5.75 Å². The summed E-state index contributed by atoms with van der Waals surface area (Å²) in [5.74, 6) is 0.265. The molecule has 2 aromatic carbocycles. The molecule has 4 aromatic rings. The maximum atomic E-state index is 13.2. The number of primary amides is 1. The number of hydrogen-bond acceptors (Lipinski definition) is 6. The fourth-order valence-electron chi connectivity index (χ4n) is 3.54. The molecule has 0 aliphatic heterocycles. The van der Waals surface area contributed by atoms with E-state index in [1.54, 1.807) is 17.3 Å². The summed E-state index contributed by atoms with van der Waals surface area (Å²) in [6.07, 6.45) is 3.52. The molecule has 9 heteroatoms. The predicted molar refractivity (Wildman–Crippen MR) is 136 cm³/mol. The normalized spacial score (nSPS) is 10.8. The van der Waals surface area contributed by atoms with Gasteiger partial charge in [-0.3, -0.25) is 19.1 Å². The van der Waals surface area contributed by atoms with Gasteiger partial charge in [0.15, 0.2) is 11.0 Å². The first kappa shape index (κ1) is 24.2. The van der Waals surface area contributed by atoms with Gasteiger partial charge in [-0.2, -0.15) is 0 Å². The summed E-state index contributed by atoms with van der Waals surface area (Å²) in [5, 5.41) is 9.41. The Balaban J connectivity index is 1.57. The van der Waals surface area contributed by atoms with Gasteiger partial charge < -0.3 is 10.6 Å². The number of amides is 2. The highest BCUT2D eigenvalue weighted by Gasteiger charge is 2.20. The average Bonchev–Trinajstić information content (AvgIpc) is 3.30. The Bertz CT molecular complexity index is 1280. The van der Waals surface area contributed by atoms with E-state index in [0.717, 1.165) is 22.4 Å². The van der Waals surface area contributed by atoms with Crippen molar-refractivity contribution in [3.05, 3.63) is 90.3 Å². The summed E-state index contributed by atoms with van der Waals surface area (Å²) >= 11 is 1.31. The van der Waals surface area contributed by atoms with Crippen LogP contribution in [0, 0.1) is 6.92 Å². The first-order valence-corrected chi connectivity index (χ1v) is 12.2. The molecule has 0 spiro atoms. The van der Waals surface area contributed by atoms with E-state index < -0.39 is 5.91 Å². The molecule has 2 N–H and O–H groups in total. The lowest BCUT2D eigenvalue weighted by atomic mass is 10.2. The van der Waals surface area contributed by atoms with Gasteiger partial charge in [-0.1, -0.05) is 59.8 Å². The number of nitrogens with two attached hydrogens (primary N) is 1. The topological polar surface area (TPSA) is 107 Å². The van der Waals surface area contributed by atoms with Gasteiger partial charge in [0.25, 0.3) is 0 Å². The molecule has 0 unspecified atom stereocenters. The third kappa shape index (κ3) is 6.33. The van der Waals surface area contributed by atoms with Gasteiger partial charge in [-0.15, -0.1) is 10.2 Å². The lowest BCUT2D eigenvalue weighted by Gasteiger charge is -2.22. The molecule has 2 amide bonds. The highest BCUT2D eigenvalue weighted by molar-refractivity contribution is 7.99. The second-order valence-corrected chi connectivity index (χ2v) is 8.96. The fourth-order valence-corrected chi connectivity index (χ4v) is 4.39. The van der Waals surface area contributed by atoms with Crippen LogP contribution in [-0.2, 0) is 16.1 Å². The summed E-state index contributed by atoms with van der Waals surface area (Å²) < 4.78 is 1.94. The first-order chi connectivity index (χ1) is 17.0. The molecule has 0 atom stereocenters. The average molecular weight is 487 g/mol. The maximum Gasteiger partial charge on any atom is 0.233 e. The maximum absolute atomic E-state index is 13.2. The van der Waals surface area contributed by atoms with Crippen molar-refractivity contribution >= 4 is 23.6 Å². The molecule has 2 heterocycles. The summed E-state index contributed by atoms with van der Waals surface area (Å²) in [6, 6.07) is 21.5. The van der Waals surface area contributed by atoms with Crippen molar-refractivity contribution in [2.75, 3.05) is 12.3 Å². The van der Waals surface area contributed by atoms with Gasteiger partial charge in [0.1, 0.15) is 0 Å². The molecule has 0 aliphatic carbocycles. The molecule has 0 fully saturated rings. The van der Waals surface area contributed by atoms with Crippen LogP contribution in [0.15, 0.2) is 84.3 Å². The molecule has 0 bridgehead atoms. The predicted octanol–water partition coefficient (Wildman–Crippen LogP) is 3.63. The van der Waals surface area contributed by atoms with Crippen molar-refractivity contribution in [2.45, 2.75) is 25.0 Å². The van der Waals surface area contributed by atoms with Crippen LogP contribution >= 0.6 is 11.8 Å². The number of rotatable bonds is 10. The smallest absolute Gasteiger partial charge is 0.233 e. The molecule has 0 aliphatic rings. The number of aromatic nitrogens is 4. The van der Waals surface area contributed by atoms with Crippen LogP contribution in [0.5, 0.6) is 0 Å². The van der Waals surface area contributed by atoms with Gasteiger partial charge >= 0.3 is 0 Å². The van der Waals surface area contributed by atoms with E-state index in [0.29, 0.717) is 17.5 Å². The Morgan fingerprint density at radius 3 is 2.37 bits per heavy atom. The minimum Gasteiger partial charge on any atom is -0.370 e. The highest BCUT2D eigenvalue weighted by atomic mass is 32.2. The number of thioether (sulfide) groups is 1. The minimum atomic E-state index is -0.440. The summed E-state index contributed by atoms with van der Waals surface area (Å²) in [7, 11) is 0. The number of aryl methyl sites for hydroxylation is 1. The molecule has 178 valence electrons. The van der Waals surface area contributed by atoms with E-state index in [4.69, 9.17) is 5.73 Å². The van der Waals surface area contributed by atoms with Crippen LogP contribution in [0.1, 0.15) is 17.5 Å². The van der Waals surface area contributed by atoms with E-state index in [2.05, 4.69) is 15.2 Å². The van der Waals surface area contributed by atoms with Crippen molar-refractivity contribution in [3.63, 3.8) is 0 Å². The monoisotopic (exact) mass is 486 g/mol. The minimum absolute atomic E-state index is 0.106. The summed E-state index contributed by atoms with van der Waals surface area (Å²) in [6.45, 7) is 2.69. The number of nitrogens with zero attached hydrogens (tertiary/aromatic N) is 5. The van der Waals surface area contributed by atoms with Crippen molar-refractivity contribution in [1.82, 2.24) is 24.6 Å². The van der Waals surface area contributed by atoms with Crippen LogP contribution < -0.4 is 5.73 Å². The number of pyridine rings is 1. The molecule has 0 saturated heterocycles. The fraction of sp³-hybridized carbons (Fsp3) is 0.192. The van der Waals surface area contributed by atoms with E-state index in [1.165, 1.54) is 11.8 Å². The zero-order valence-corrected chi connectivity index (χ0v) is 20.2. The van der Waals surface area contributed by atoms with Crippen molar-refractivity contribution in [2.24, 2.45) is 5.73 Å². The first-order valence-electron chi connectivity index (χ1n) is 11.2. The van der Waals surface area contributed by atoms with Gasteiger partial charge in [0.2, 0.25) is 11.8 Å². The molecule has 35 heavy (non-hydrogen) atoms.